The molecule has 0 radical (unpaired) electrons. The summed E-state index contributed by atoms with van der Waals surface area (Å²) in [6.07, 6.45) is 6.27. The molecule has 1 fully saturated rings. The molecule has 5 rings (SSSR count). The molecule has 4 aromatic rings. The van der Waals surface area contributed by atoms with Crippen LogP contribution in [0.3, 0.4) is 0 Å². The maximum Gasteiger partial charge on any atom is 0.335 e. The van der Waals surface area contributed by atoms with E-state index in [9.17, 15) is 14.3 Å². The van der Waals surface area contributed by atoms with Gasteiger partial charge in [0.15, 0.2) is 5.82 Å². The van der Waals surface area contributed by atoms with Crippen LogP contribution in [0.5, 0.6) is 0 Å². The molecule has 8 heteroatoms. The minimum atomic E-state index is -0.998. The maximum absolute atomic E-state index is 13.4. The maximum atomic E-state index is 13.4. The molecule has 1 aliphatic heterocycles. The fourth-order valence-electron chi connectivity index (χ4n) is 5.31. The fourth-order valence-corrected chi connectivity index (χ4v) is 5.31. The molecule has 202 valence electrons. The van der Waals surface area contributed by atoms with Crippen LogP contribution in [0.1, 0.15) is 40.0 Å². The highest BCUT2D eigenvalue weighted by molar-refractivity contribution is 5.88. The SMILES string of the molecule is CN(Cc1cnc(-c2cc(C(=O)O)ccn2)n1CCc1ccc(F)cc1)C1CCN(Cc2ccccc2)CC1. The Labute approximate surface area is 228 Å². The second-order valence-corrected chi connectivity index (χ2v) is 10.2. The fraction of sp³-hybridized carbons (Fsp3) is 0.323. The highest BCUT2D eigenvalue weighted by Gasteiger charge is 2.24. The number of hydrogen-bond acceptors (Lipinski definition) is 5. The van der Waals surface area contributed by atoms with Crippen molar-refractivity contribution in [1.82, 2.24) is 24.3 Å². The standard InChI is InChI=1S/C31H34FN5O2/c1-35(27-13-16-36(17-14-27)21-24-5-3-2-4-6-24)22-28-20-34-30(29-19-25(31(38)39)11-15-33-29)37(28)18-12-23-7-9-26(32)10-8-23/h2-11,15,19-20,27H,12-14,16-18,21-22H2,1H3,(H,38,39). The quantitative estimate of drug-likeness (QED) is 0.309. The summed E-state index contributed by atoms with van der Waals surface area (Å²) in [5.74, 6) is -0.614. The van der Waals surface area contributed by atoms with Gasteiger partial charge in [0, 0.05) is 31.9 Å². The molecule has 3 heterocycles. The van der Waals surface area contributed by atoms with Gasteiger partial charge >= 0.3 is 5.97 Å². The number of pyridine rings is 1. The lowest BCUT2D eigenvalue weighted by atomic mass is 10.0. The van der Waals surface area contributed by atoms with E-state index in [0.717, 1.165) is 50.3 Å². The number of aromatic carboxylic acids is 1. The molecule has 2 aromatic carbocycles. The molecular weight excluding hydrogens is 493 g/mol. The number of piperidine rings is 1. The highest BCUT2D eigenvalue weighted by Crippen LogP contribution is 2.24. The second-order valence-electron chi connectivity index (χ2n) is 10.2. The molecule has 0 unspecified atom stereocenters. The zero-order chi connectivity index (χ0) is 27.2. The number of aryl methyl sites for hydroxylation is 1. The van der Waals surface area contributed by atoms with Gasteiger partial charge in [0.1, 0.15) is 11.5 Å². The molecular formula is C31H34FN5O2. The van der Waals surface area contributed by atoms with Gasteiger partial charge in [0.25, 0.3) is 0 Å². The largest absolute Gasteiger partial charge is 0.478 e. The van der Waals surface area contributed by atoms with E-state index in [1.807, 2.05) is 6.20 Å². The summed E-state index contributed by atoms with van der Waals surface area (Å²) in [6, 6.07) is 20.7. The summed E-state index contributed by atoms with van der Waals surface area (Å²) in [6.45, 7) is 4.45. The van der Waals surface area contributed by atoms with Gasteiger partial charge in [-0.1, -0.05) is 42.5 Å². The first-order valence-electron chi connectivity index (χ1n) is 13.4. The molecule has 0 amide bonds. The number of hydrogen-bond donors (Lipinski definition) is 1. The number of nitrogens with zero attached hydrogens (tertiary/aromatic N) is 5. The Morgan fingerprint density at radius 3 is 2.49 bits per heavy atom. The Kier molecular flexibility index (Phi) is 8.44. The molecule has 2 aromatic heterocycles. The average Bonchev–Trinajstić information content (AvgIpc) is 3.36. The normalized spacial score (nSPS) is 14.6. The monoisotopic (exact) mass is 527 g/mol. The number of benzene rings is 2. The molecule has 1 aliphatic rings. The third kappa shape index (κ3) is 6.77. The van der Waals surface area contributed by atoms with E-state index in [1.54, 1.807) is 18.2 Å². The van der Waals surface area contributed by atoms with E-state index in [-0.39, 0.29) is 11.4 Å². The summed E-state index contributed by atoms with van der Waals surface area (Å²) in [4.78, 5) is 25.6. The Bertz CT molecular complexity index is 1380. The minimum Gasteiger partial charge on any atom is -0.478 e. The molecule has 0 bridgehead atoms. The molecule has 1 N–H and O–H groups in total. The predicted octanol–water partition coefficient (Wildman–Crippen LogP) is 5.12. The first kappa shape index (κ1) is 26.7. The van der Waals surface area contributed by atoms with Crippen molar-refractivity contribution in [2.45, 2.75) is 44.9 Å². The number of carboxylic acid groups (broad SMARTS) is 1. The van der Waals surface area contributed by atoms with E-state index in [4.69, 9.17) is 0 Å². The molecule has 39 heavy (non-hydrogen) atoms. The van der Waals surface area contributed by atoms with Gasteiger partial charge in [-0.25, -0.2) is 14.2 Å². The van der Waals surface area contributed by atoms with Crippen molar-refractivity contribution in [3.8, 4) is 11.5 Å². The van der Waals surface area contributed by atoms with Crippen molar-refractivity contribution in [3.05, 3.63) is 107 Å². The Hall–Kier alpha value is -3.88. The summed E-state index contributed by atoms with van der Waals surface area (Å²) in [5, 5.41) is 9.47. The van der Waals surface area contributed by atoms with E-state index in [0.29, 0.717) is 30.5 Å². The average molecular weight is 528 g/mol. The molecule has 0 aliphatic carbocycles. The number of aromatic nitrogens is 3. The van der Waals surface area contributed by atoms with Crippen molar-refractivity contribution in [3.63, 3.8) is 0 Å². The van der Waals surface area contributed by atoms with Crippen molar-refractivity contribution in [2.75, 3.05) is 20.1 Å². The van der Waals surface area contributed by atoms with E-state index in [2.05, 4.69) is 61.7 Å². The van der Waals surface area contributed by atoms with Crippen LogP contribution >= 0.6 is 0 Å². The lowest BCUT2D eigenvalue weighted by Gasteiger charge is -2.37. The summed E-state index contributed by atoms with van der Waals surface area (Å²) in [7, 11) is 2.16. The number of carboxylic acids is 1. The Morgan fingerprint density at radius 2 is 1.77 bits per heavy atom. The van der Waals surface area contributed by atoms with Crippen LogP contribution in [0.15, 0.2) is 79.1 Å². The number of rotatable bonds is 10. The lowest BCUT2D eigenvalue weighted by Crippen LogP contribution is -2.43. The zero-order valence-electron chi connectivity index (χ0n) is 22.2. The zero-order valence-corrected chi connectivity index (χ0v) is 22.2. The molecule has 7 nitrogen and oxygen atoms in total. The van der Waals surface area contributed by atoms with Crippen LogP contribution in [0.4, 0.5) is 4.39 Å². The van der Waals surface area contributed by atoms with Gasteiger partial charge in [0.2, 0.25) is 0 Å². The first-order valence-corrected chi connectivity index (χ1v) is 13.4. The van der Waals surface area contributed by atoms with Crippen LogP contribution in [0, 0.1) is 5.82 Å². The third-order valence-electron chi connectivity index (χ3n) is 7.55. The van der Waals surface area contributed by atoms with Crippen molar-refractivity contribution in [2.24, 2.45) is 0 Å². The first-order chi connectivity index (χ1) is 19.0. The van der Waals surface area contributed by atoms with Crippen LogP contribution < -0.4 is 0 Å². The van der Waals surface area contributed by atoms with Crippen molar-refractivity contribution in [1.29, 1.82) is 0 Å². The van der Waals surface area contributed by atoms with Crippen LogP contribution in [0.2, 0.25) is 0 Å². The summed E-state index contributed by atoms with van der Waals surface area (Å²) >= 11 is 0. The highest BCUT2D eigenvalue weighted by atomic mass is 19.1. The van der Waals surface area contributed by atoms with Crippen molar-refractivity contribution < 1.29 is 14.3 Å². The predicted molar refractivity (Wildman–Crippen MR) is 149 cm³/mol. The van der Waals surface area contributed by atoms with Crippen LogP contribution in [-0.2, 0) is 26.1 Å². The number of imidazole rings is 1. The smallest absolute Gasteiger partial charge is 0.335 e. The van der Waals surface area contributed by atoms with Crippen LogP contribution in [0.25, 0.3) is 11.5 Å². The Morgan fingerprint density at radius 1 is 1.03 bits per heavy atom. The lowest BCUT2D eigenvalue weighted by molar-refractivity contribution is 0.0696. The van der Waals surface area contributed by atoms with E-state index >= 15 is 0 Å². The van der Waals surface area contributed by atoms with Crippen LogP contribution in [-0.4, -0.2) is 61.6 Å². The van der Waals surface area contributed by atoms with Gasteiger partial charge in [-0.05, 0) is 74.8 Å². The third-order valence-corrected chi connectivity index (χ3v) is 7.55. The molecule has 0 spiro atoms. The van der Waals surface area contributed by atoms with Gasteiger partial charge in [0.05, 0.1) is 17.5 Å². The summed E-state index contributed by atoms with van der Waals surface area (Å²) < 4.78 is 15.5. The molecule has 0 atom stereocenters. The Balaban J connectivity index is 1.30. The van der Waals surface area contributed by atoms with E-state index < -0.39 is 5.97 Å². The molecule has 1 saturated heterocycles. The van der Waals surface area contributed by atoms with Crippen molar-refractivity contribution >= 4 is 5.97 Å². The van der Waals surface area contributed by atoms with Gasteiger partial charge in [-0.2, -0.15) is 0 Å². The topological polar surface area (TPSA) is 74.5 Å². The summed E-state index contributed by atoms with van der Waals surface area (Å²) in [5.41, 5.74) is 4.12. The number of halogens is 1. The van der Waals surface area contributed by atoms with Gasteiger partial charge < -0.3 is 9.67 Å². The molecule has 0 saturated carbocycles. The van der Waals surface area contributed by atoms with Gasteiger partial charge in [-0.3, -0.25) is 14.8 Å². The minimum absolute atomic E-state index is 0.175. The number of carbonyl (C=O) groups is 1. The van der Waals surface area contributed by atoms with E-state index in [1.165, 1.54) is 30.0 Å². The van der Waals surface area contributed by atoms with Gasteiger partial charge in [-0.15, -0.1) is 0 Å². The second kappa shape index (κ2) is 12.3. The number of likely N-dealkylation sites (tertiary alicyclic amines) is 1.